The standard InChI is InChI=1S/C24H25ClN6O3/c25-18-9-17(10-19(26)12-18)2-4-22(32)30-6-7-31(23(33)13-30)15-34-8-5-16-1-3-20-21(11-16)28-14-29-24(20)27/h1-4,9-12,14H,5-8,13,15,26H2,(H2,27,28,29)/b4-2+. The molecule has 176 valence electrons. The number of amides is 2. The number of nitrogens with zero attached hydrogens (tertiary/aromatic N) is 4. The first-order valence-corrected chi connectivity index (χ1v) is 11.1. The molecular weight excluding hydrogens is 456 g/mol. The van der Waals surface area contributed by atoms with Gasteiger partial charge < -0.3 is 26.0 Å². The third-order valence-corrected chi connectivity index (χ3v) is 5.72. The zero-order valence-corrected chi connectivity index (χ0v) is 19.2. The Morgan fingerprint density at radius 2 is 2.00 bits per heavy atom. The first-order chi connectivity index (χ1) is 16.4. The minimum Gasteiger partial charge on any atom is -0.399 e. The van der Waals surface area contributed by atoms with E-state index in [4.69, 9.17) is 27.8 Å². The minimum absolute atomic E-state index is 0.00994. The van der Waals surface area contributed by atoms with Crippen molar-refractivity contribution in [2.45, 2.75) is 6.42 Å². The fraction of sp³-hybridized carbons (Fsp3) is 0.250. The third-order valence-electron chi connectivity index (χ3n) is 5.51. The van der Waals surface area contributed by atoms with E-state index >= 15 is 0 Å². The maximum absolute atomic E-state index is 12.5. The molecule has 0 unspecified atom stereocenters. The molecule has 0 aliphatic carbocycles. The van der Waals surface area contributed by atoms with Gasteiger partial charge >= 0.3 is 0 Å². The molecule has 1 aliphatic heterocycles. The van der Waals surface area contributed by atoms with Gasteiger partial charge in [-0.15, -0.1) is 0 Å². The van der Waals surface area contributed by atoms with E-state index in [1.165, 1.54) is 17.3 Å². The molecule has 0 saturated carbocycles. The van der Waals surface area contributed by atoms with Gasteiger partial charge in [-0.1, -0.05) is 17.7 Å². The monoisotopic (exact) mass is 480 g/mol. The summed E-state index contributed by atoms with van der Waals surface area (Å²) in [5, 5.41) is 1.31. The number of nitrogens with two attached hydrogens (primary N) is 2. The van der Waals surface area contributed by atoms with Crippen molar-refractivity contribution in [3.05, 3.63) is 65.0 Å². The minimum atomic E-state index is -0.242. The Morgan fingerprint density at radius 1 is 1.15 bits per heavy atom. The molecule has 0 spiro atoms. The van der Waals surface area contributed by atoms with Gasteiger partial charge in [0, 0.05) is 35.3 Å². The van der Waals surface area contributed by atoms with E-state index < -0.39 is 0 Å². The predicted octanol–water partition coefficient (Wildman–Crippen LogP) is 2.35. The van der Waals surface area contributed by atoms with Crippen LogP contribution in [0.25, 0.3) is 17.0 Å². The van der Waals surface area contributed by atoms with Gasteiger partial charge in [0.15, 0.2) is 0 Å². The highest BCUT2D eigenvalue weighted by atomic mass is 35.5. The SMILES string of the molecule is Nc1cc(Cl)cc(/C=C/C(=O)N2CCN(COCCc3ccc4c(N)ncnc4c3)C(=O)C2)c1. The Morgan fingerprint density at radius 3 is 2.79 bits per heavy atom. The Kier molecular flexibility index (Phi) is 7.24. The molecule has 0 atom stereocenters. The third kappa shape index (κ3) is 5.81. The number of benzene rings is 2. The number of halogens is 1. The van der Waals surface area contributed by atoms with Crippen LogP contribution in [0.5, 0.6) is 0 Å². The number of ether oxygens (including phenoxy) is 1. The van der Waals surface area contributed by atoms with Gasteiger partial charge in [0.05, 0.1) is 12.1 Å². The second-order valence-electron chi connectivity index (χ2n) is 7.97. The molecule has 34 heavy (non-hydrogen) atoms. The number of carbonyl (C=O) groups is 2. The highest BCUT2D eigenvalue weighted by Gasteiger charge is 2.26. The van der Waals surface area contributed by atoms with Crippen LogP contribution >= 0.6 is 11.6 Å². The summed E-state index contributed by atoms with van der Waals surface area (Å²) >= 11 is 5.98. The van der Waals surface area contributed by atoms with Crippen LogP contribution in [0.3, 0.4) is 0 Å². The second kappa shape index (κ2) is 10.5. The molecule has 10 heteroatoms. The molecule has 2 heterocycles. The largest absolute Gasteiger partial charge is 0.399 e. The number of carbonyl (C=O) groups excluding carboxylic acids is 2. The van der Waals surface area contributed by atoms with Gasteiger partial charge in [0.25, 0.3) is 0 Å². The quantitative estimate of drug-likeness (QED) is 0.302. The number of anilines is 2. The summed E-state index contributed by atoms with van der Waals surface area (Å²) in [6, 6.07) is 10.9. The lowest BCUT2D eigenvalue weighted by Crippen LogP contribution is -2.52. The lowest BCUT2D eigenvalue weighted by Gasteiger charge is -2.33. The molecule has 3 aromatic rings. The van der Waals surface area contributed by atoms with Crippen LogP contribution in [0.1, 0.15) is 11.1 Å². The predicted molar refractivity (Wildman–Crippen MR) is 132 cm³/mol. The van der Waals surface area contributed by atoms with Crippen LogP contribution in [-0.2, 0) is 20.7 Å². The van der Waals surface area contributed by atoms with Gasteiger partial charge in [0.1, 0.15) is 25.4 Å². The first-order valence-electron chi connectivity index (χ1n) is 10.8. The van der Waals surface area contributed by atoms with Gasteiger partial charge in [-0.3, -0.25) is 9.59 Å². The van der Waals surface area contributed by atoms with Crippen molar-refractivity contribution in [3.8, 4) is 0 Å². The molecule has 4 rings (SSSR count). The van der Waals surface area contributed by atoms with E-state index in [-0.39, 0.29) is 25.1 Å². The lowest BCUT2D eigenvalue weighted by molar-refractivity contribution is -0.147. The highest BCUT2D eigenvalue weighted by Crippen LogP contribution is 2.19. The van der Waals surface area contributed by atoms with Crippen molar-refractivity contribution in [1.82, 2.24) is 19.8 Å². The Labute approximate surface area is 202 Å². The van der Waals surface area contributed by atoms with Crippen LogP contribution < -0.4 is 11.5 Å². The molecular formula is C24H25ClN6O3. The number of piperazine rings is 1. The average molecular weight is 481 g/mol. The van der Waals surface area contributed by atoms with Crippen LogP contribution in [0.15, 0.2) is 48.8 Å². The lowest BCUT2D eigenvalue weighted by atomic mass is 10.1. The number of nitrogen functional groups attached to an aromatic ring is 2. The van der Waals surface area contributed by atoms with Gasteiger partial charge in [-0.05, 0) is 54.0 Å². The highest BCUT2D eigenvalue weighted by molar-refractivity contribution is 6.31. The van der Waals surface area contributed by atoms with Crippen LogP contribution in [0, 0.1) is 0 Å². The van der Waals surface area contributed by atoms with Gasteiger partial charge in [-0.25, -0.2) is 9.97 Å². The summed E-state index contributed by atoms with van der Waals surface area (Å²) in [6.07, 6.45) is 5.17. The number of hydrogen-bond donors (Lipinski definition) is 2. The molecule has 1 aromatic heterocycles. The van der Waals surface area contributed by atoms with Crippen LogP contribution in [0.2, 0.25) is 5.02 Å². The molecule has 2 aromatic carbocycles. The molecule has 9 nitrogen and oxygen atoms in total. The summed E-state index contributed by atoms with van der Waals surface area (Å²) in [5.74, 6) is 0.0553. The van der Waals surface area contributed by atoms with Crippen molar-refractivity contribution in [2.75, 3.05) is 44.4 Å². The maximum Gasteiger partial charge on any atom is 0.247 e. The van der Waals surface area contributed by atoms with E-state index in [2.05, 4.69) is 9.97 Å². The van der Waals surface area contributed by atoms with Crippen molar-refractivity contribution in [3.63, 3.8) is 0 Å². The zero-order valence-electron chi connectivity index (χ0n) is 18.5. The van der Waals surface area contributed by atoms with Gasteiger partial charge in [-0.2, -0.15) is 0 Å². The summed E-state index contributed by atoms with van der Waals surface area (Å²) in [5.41, 5.74) is 14.7. The topological polar surface area (TPSA) is 128 Å². The number of aromatic nitrogens is 2. The van der Waals surface area contributed by atoms with E-state index in [0.29, 0.717) is 42.6 Å². The van der Waals surface area contributed by atoms with E-state index in [1.807, 2.05) is 18.2 Å². The summed E-state index contributed by atoms with van der Waals surface area (Å²) in [6.45, 7) is 1.48. The van der Waals surface area contributed by atoms with Crippen LogP contribution in [0.4, 0.5) is 11.5 Å². The molecule has 4 N–H and O–H groups in total. The Bertz CT molecular complexity index is 1230. The molecule has 1 fully saturated rings. The fourth-order valence-corrected chi connectivity index (χ4v) is 3.93. The maximum atomic E-state index is 12.5. The molecule has 1 saturated heterocycles. The summed E-state index contributed by atoms with van der Waals surface area (Å²) in [7, 11) is 0. The fourth-order valence-electron chi connectivity index (χ4n) is 3.68. The van der Waals surface area contributed by atoms with Crippen molar-refractivity contribution in [2.24, 2.45) is 0 Å². The van der Waals surface area contributed by atoms with Crippen molar-refractivity contribution >= 4 is 51.9 Å². The van der Waals surface area contributed by atoms with E-state index in [9.17, 15) is 9.59 Å². The first kappa shape index (κ1) is 23.5. The summed E-state index contributed by atoms with van der Waals surface area (Å²) < 4.78 is 5.71. The number of fused-ring (bicyclic) bond motifs is 1. The van der Waals surface area contributed by atoms with Gasteiger partial charge in [0.2, 0.25) is 11.8 Å². The zero-order chi connectivity index (χ0) is 24.1. The smallest absolute Gasteiger partial charge is 0.247 e. The Hall–Kier alpha value is -3.69. The van der Waals surface area contributed by atoms with Crippen molar-refractivity contribution < 1.29 is 14.3 Å². The van der Waals surface area contributed by atoms with E-state index in [1.54, 1.807) is 29.2 Å². The number of hydrogen-bond acceptors (Lipinski definition) is 7. The molecule has 0 bridgehead atoms. The van der Waals surface area contributed by atoms with Crippen molar-refractivity contribution in [1.29, 1.82) is 0 Å². The Balaban J connectivity index is 1.22. The molecule has 1 aliphatic rings. The number of rotatable bonds is 7. The average Bonchev–Trinajstić information content (AvgIpc) is 2.80. The second-order valence-corrected chi connectivity index (χ2v) is 8.40. The van der Waals surface area contributed by atoms with Crippen LogP contribution in [-0.4, -0.2) is 64.6 Å². The molecule has 0 radical (unpaired) electrons. The normalized spacial score (nSPS) is 14.3. The summed E-state index contributed by atoms with van der Waals surface area (Å²) in [4.78, 5) is 36.3. The molecule has 2 amide bonds. The van der Waals surface area contributed by atoms with E-state index in [0.717, 1.165) is 22.0 Å².